The largest absolute Gasteiger partial charge is 0.452 e. The van der Waals surface area contributed by atoms with Crippen molar-refractivity contribution in [2.75, 3.05) is 9.80 Å². The second-order valence-corrected chi connectivity index (χ2v) is 23.8. The third kappa shape index (κ3) is 7.91. The van der Waals surface area contributed by atoms with Crippen molar-refractivity contribution in [3.8, 4) is 50.4 Å². The van der Waals surface area contributed by atoms with Gasteiger partial charge in [-0.05, 0) is 147 Å². The van der Waals surface area contributed by atoms with E-state index < -0.39 is 182 Å². The molecule has 0 bridgehead atoms. The Morgan fingerprint density at radius 2 is 0.670 bits per heavy atom. The van der Waals surface area contributed by atoms with Crippen molar-refractivity contribution in [1.82, 2.24) is 13.7 Å². The summed E-state index contributed by atoms with van der Waals surface area (Å²) in [6.07, 6.45) is 0. The van der Waals surface area contributed by atoms with E-state index in [1.165, 1.54) is 13.7 Å². The fourth-order valence-corrected chi connectivity index (χ4v) is 14.8. The maximum absolute atomic E-state index is 10.1. The van der Waals surface area contributed by atoms with Crippen LogP contribution in [0.25, 0.3) is 138 Å². The molecule has 0 saturated carbocycles. The zero-order chi connectivity index (χ0) is 88.6. The third-order valence-corrected chi connectivity index (χ3v) is 18.8. The van der Waals surface area contributed by atoms with Crippen LogP contribution in [0.4, 0.5) is 34.1 Å². The molecule has 450 valence electrons. The minimum atomic E-state index is -1.10. The number of hydrogen-bond acceptors (Lipinski definition) is 3. The molecule has 15 aromatic carbocycles. The summed E-state index contributed by atoms with van der Waals surface area (Å²) in [5, 5.41) is -0.702. The number of nitrogens with zero attached hydrogens (tertiary/aromatic N) is 5. The molecule has 2 aliphatic rings. The first-order chi connectivity index (χ1) is 60.2. The molecule has 0 radical (unpaired) electrons. The van der Waals surface area contributed by atoms with Crippen molar-refractivity contribution >= 4 is 145 Å². The van der Waals surface area contributed by atoms with Crippen LogP contribution in [0.5, 0.6) is 0 Å². The SMILES string of the molecule is [2H]c1c([2H])c([2H])c(-c2ccc3c(c2)N(c2cccc4c2oc2c(-n5c6c([2H])c([2H])c([2H])c([2H])c6c6c([2H])c([2H])c([2H])c([2H])c65)cccc24)c2cc(-n4c5c([2H])c([2H])c([2H])c([2H])c5c5c([2H])c([2H])c([2H])c([2H])c54)cc4c2B3c2ccc(-n3c5c([2H])c([2H])c([2H])c([2H])c5c5c([2H])c([2H])c([2H])c([2H])c53)cc2N4c2cc(-c3ccccc3)cc(-c3ccccc3)c2)c([2H])c1[2H]. The van der Waals surface area contributed by atoms with Crippen LogP contribution in [0.3, 0.4) is 0 Å². The van der Waals surface area contributed by atoms with Gasteiger partial charge in [0, 0.05) is 77.2 Å². The normalized spacial score (nSPS) is 16.9. The Kier molecular flexibility index (Phi) is 7.05. The zero-order valence-electron chi connectivity index (χ0n) is 79.3. The number of benzene rings is 15. The van der Waals surface area contributed by atoms with Gasteiger partial charge in [-0.15, -0.1) is 0 Å². The molecule has 19 aromatic rings. The Morgan fingerprint density at radius 3 is 1.20 bits per heavy atom. The highest BCUT2D eigenvalue weighted by molar-refractivity contribution is 7.00. The Hall–Kier alpha value is -12.8. The fourth-order valence-electron chi connectivity index (χ4n) is 14.8. The van der Waals surface area contributed by atoms with Crippen molar-refractivity contribution in [2.24, 2.45) is 0 Å². The third-order valence-electron chi connectivity index (χ3n) is 18.8. The fraction of sp³-hybridized carbons (Fsp3) is 0. The van der Waals surface area contributed by atoms with Gasteiger partial charge in [0.1, 0.15) is 0 Å². The Morgan fingerprint density at radius 1 is 0.247 bits per heavy atom. The van der Waals surface area contributed by atoms with Gasteiger partial charge in [0.2, 0.25) is 0 Å². The van der Waals surface area contributed by atoms with E-state index in [-0.39, 0.29) is 133 Å². The van der Waals surface area contributed by atoms with Crippen molar-refractivity contribution in [3.05, 3.63) is 339 Å². The zero-order valence-corrected chi connectivity index (χ0v) is 50.3. The first-order valence-electron chi connectivity index (χ1n) is 45.6. The number of anilines is 6. The molecule has 0 saturated heterocycles. The summed E-state index contributed by atoms with van der Waals surface area (Å²) in [6.45, 7) is -1.10. The summed E-state index contributed by atoms with van der Waals surface area (Å²) < 4.78 is 283. The highest BCUT2D eigenvalue weighted by atomic mass is 16.3. The average molecular weight is 1260 g/mol. The van der Waals surface area contributed by atoms with Crippen LogP contribution in [-0.4, -0.2) is 20.4 Å². The van der Waals surface area contributed by atoms with Gasteiger partial charge in [-0.25, -0.2) is 0 Å². The lowest BCUT2D eigenvalue weighted by Gasteiger charge is -2.44. The maximum Gasteiger partial charge on any atom is 0.252 e. The summed E-state index contributed by atoms with van der Waals surface area (Å²) in [5.74, 6) is 0. The highest BCUT2D eigenvalue weighted by Gasteiger charge is 2.45. The minimum absolute atomic E-state index is 0.0173. The van der Waals surface area contributed by atoms with Crippen LogP contribution in [0.15, 0.2) is 343 Å². The predicted molar refractivity (Wildman–Crippen MR) is 407 cm³/mol. The lowest BCUT2D eigenvalue weighted by Crippen LogP contribution is -2.61. The molecule has 97 heavy (non-hydrogen) atoms. The van der Waals surface area contributed by atoms with E-state index in [2.05, 4.69) is 0 Å². The van der Waals surface area contributed by atoms with Crippen molar-refractivity contribution < 1.29 is 44.2 Å². The summed E-state index contributed by atoms with van der Waals surface area (Å²) in [7, 11) is 0. The van der Waals surface area contributed by atoms with Crippen LogP contribution in [0.2, 0.25) is 0 Å². The number of hydrogen-bond donors (Lipinski definition) is 0. The van der Waals surface area contributed by atoms with E-state index in [0.717, 1.165) is 11.1 Å². The molecule has 21 rings (SSSR count). The molecule has 0 atom stereocenters. The lowest BCUT2D eigenvalue weighted by molar-refractivity contribution is 0.666. The number of furan rings is 1. The highest BCUT2D eigenvalue weighted by Crippen LogP contribution is 2.51. The molecule has 6 heterocycles. The van der Waals surface area contributed by atoms with Crippen LogP contribution < -0.4 is 26.2 Å². The van der Waals surface area contributed by atoms with Gasteiger partial charge in [0.25, 0.3) is 6.71 Å². The van der Waals surface area contributed by atoms with E-state index >= 15 is 0 Å². The molecule has 4 aromatic heterocycles. The van der Waals surface area contributed by atoms with Crippen molar-refractivity contribution in [3.63, 3.8) is 0 Å². The monoisotopic (exact) mass is 1260 g/mol. The van der Waals surface area contributed by atoms with Gasteiger partial charge >= 0.3 is 0 Å². The second kappa shape index (κ2) is 20.8. The van der Waals surface area contributed by atoms with Gasteiger partial charge in [-0.1, -0.05) is 242 Å². The quantitative estimate of drug-likeness (QED) is 0.142. The molecular weight excluding hydrogens is 1180 g/mol. The molecule has 0 unspecified atom stereocenters. The topological polar surface area (TPSA) is 34.4 Å². The minimum Gasteiger partial charge on any atom is -0.452 e. The molecule has 7 heteroatoms. The van der Waals surface area contributed by atoms with E-state index in [1.807, 2.05) is 83.8 Å². The van der Waals surface area contributed by atoms with Crippen LogP contribution in [0.1, 0.15) is 39.8 Å². The lowest BCUT2D eigenvalue weighted by atomic mass is 9.33. The van der Waals surface area contributed by atoms with Crippen molar-refractivity contribution in [1.29, 1.82) is 0 Å². The van der Waals surface area contributed by atoms with E-state index in [9.17, 15) is 27.4 Å². The first kappa shape index (κ1) is 32.8. The van der Waals surface area contributed by atoms with Gasteiger partial charge in [-0.2, -0.15) is 0 Å². The number of rotatable bonds is 8. The van der Waals surface area contributed by atoms with Crippen LogP contribution in [-0.2, 0) is 0 Å². The molecule has 2 aliphatic heterocycles. The summed E-state index contributed by atoms with van der Waals surface area (Å²) in [5.41, 5.74) is 4.10. The van der Waals surface area contributed by atoms with Crippen LogP contribution in [0, 0.1) is 0 Å². The maximum atomic E-state index is 10.1. The predicted octanol–water partition coefficient (Wildman–Crippen LogP) is 22.0. The molecule has 6 nitrogen and oxygen atoms in total. The molecular formula is C90H56BN5O. The molecule has 0 fully saturated rings. The molecule has 0 aliphatic carbocycles. The molecule has 0 spiro atoms. The average Bonchev–Trinajstić information content (AvgIpc) is 0.889. The van der Waals surface area contributed by atoms with E-state index in [1.54, 1.807) is 89.8 Å². The van der Waals surface area contributed by atoms with Gasteiger partial charge in [0.05, 0.1) is 89.9 Å². The van der Waals surface area contributed by atoms with E-state index in [0.29, 0.717) is 44.0 Å². The molecule has 0 N–H and O–H groups in total. The molecule has 0 amide bonds. The summed E-state index contributed by atoms with van der Waals surface area (Å²) in [4.78, 5) is 3.69. The number of para-hydroxylation sites is 8. The Bertz CT molecular complexity index is 8000. The standard InChI is InChI=1S/C90H56BN5O/c1-4-24-57(25-5-1)60-46-48-74-84(53-60)96(83-45-23-37-73-72-36-22-44-82(89(72)97-90(73)83)95-80-42-20-14-34-70(80)71-35-15-21-43-81(71)95)87-56-65(93-78-40-18-12-32-68(78)69-33-13-19-41-79(69)93)55-86-88(87)91(74)75-49-47-63(92-76-38-16-10-30-66(76)67-31-11-17-39-77(67)92)54-85(75)94(86)64-51-61(58-26-6-2-7-27-58)50-62(52-64)59-28-8-3-9-29-59/h1-56H/i1D,4D,5D,10D,11D,12D,13D,14D,15D,16D,17D,18D,19D,20D,21D,24D,25D,30D,31D,32D,33D,34D,35D,38D,39D,40D,41D,42D,43D. The number of fused-ring (bicyclic) bond motifs is 16. The van der Waals surface area contributed by atoms with Gasteiger partial charge < -0.3 is 27.9 Å². The number of aromatic nitrogens is 3. The van der Waals surface area contributed by atoms with E-state index in [4.69, 9.17) is 16.8 Å². The van der Waals surface area contributed by atoms with Gasteiger partial charge in [-0.3, -0.25) is 0 Å². The second-order valence-electron chi connectivity index (χ2n) is 23.8. The smallest absolute Gasteiger partial charge is 0.252 e. The first-order valence-corrected chi connectivity index (χ1v) is 31.1. The van der Waals surface area contributed by atoms with Crippen LogP contribution >= 0.6 is 0 Å². The Balaban J connectivity index is 0.969. The van der Waals surface area contributed by atoms with Crippen molar-refractivity contribution in [2.45, 2.75) is 0 Å². The summed E-state index contributed by atoms with van der Waals surface area (Å²) >= 11 is 0. The van der Waals surface area contributed by atoms with Gasteiger partial charge in [0.15, 0.2) is 11.2 Å². The Labute approximate surface area is 600 Å². The summed E-state index contributed by atoms with van der Waals surface area (Å²) in [6, 6.07) is 29.5.